The molecule has 0 saturated carbocycles. The molecule has 0 spiro atoms. The average Bonchev–Trinajstić information content (AvgIpc) is 2.21. The standard InChI is InChI=1S/C11H20BrNO2/c1-2-15-11(14)4-3-7-13-8-5-10(12)6-9-13/h10H,2-9H2,1H3. The second-order valence-corrected chi connectivity index (χ2v) is 5.22. The van der Waals surface area contributed by atoms with Crippen molar-refractivity contribution in [2.75, 3.05) is 26.2 Å². The molecule has 0 N–H and O–H groups in total. The molecule has 4 heteroatoms. The molecule has 0 unspecified atom stereocenters. The number of hydrogen-bond donors (Lipinski definition) is 0. The lowest BCUT2D eigenvalue weighted by molar-refractivity contribution is -0.143. The minimum absolute atomic E-state index is 0.0622. The number of rotatable bonds is 5. The average molecular weight is 278 g/mol. The van der Waals surface area contributed by atoms with Gasteiger partial charge in [-0.15, -0.1) is 0 Å². The summed E-state index contributed by atoms with van der Waals surface area (Å²) in [5, 5.41) is 0. The summed E-state index contributed by atoms with van der Waals surface area (Å²) >= 11 is 3.63. The number of ether oxygens (including phenoxy) is 1. The fourth-order valence-corrected chi connectivity index (χ4v) is 2.21. The molecule has 0 aromatic rings. The van der Waals surface area contributed by atoms with E-state index in [2.05, 4.69) is 20.8 Å². The molecular formula is C11H20BrNO2. The highest BCUT2D eigenvalue weighted by atomic mass is 79.9. The molecule has 0 atom stereocenters. The third kappa shape index (κ3) is 5.52. The van der Waals surface area contributed by atoms with E-state index in [-0.39, 0.29) is 5.97 Å². The predicted molar refractivity (Wildman–Crippen MR) is 64.3 cm³/mol. The number of likely N-dealkylation sites (tertiary alicyclic amines) is 1. The first-order valence-corrected chi connectivity index (χ1v) is 6.66. The van der Waals surface area contributed by atoms with Crippen LogP contribution < -0.4 is 0 Å². The number of esters is 1. The Bertz CT molecular complexity index is 191. The van der Waals surface area contributed by atoms with E-state index in [1.807, 2.05) is 6.92 Å². The van der Waals surface area contributed by atoms with Crippen molar-refractivity contribution in [3.8, 4) is 0 Å². The minimum atomic E-state index is -0.0622. The molecule has 3 nitrogen and oxygen atoms in total. The molecule has 1 saturated heterocycles. The van der Waals surface area contributed by atoms with Crippen molar-refractivity contribution in [3.05, 3.63) is 0 Å². The van der Waals surface area contributed by atoms with Crippen molar-refractivity contribution in [1.82, 2.24) is 4.90 Å². The first-order valence-electron chi connectivity index (χ1n) is 5.74. The Balaban J connectivity index is 2.02. The van der Waals surface area contributed by atoms with Crippen LogP contribution >= 0.6 is 15.9 Å². The number of carbonyl (C=O) groups excluding carboxylic acids is 1. The zero-order valence-electron chi connectivity index (χ0n) is 9.38. The molecule has 0 aromatic carbocycles. The number of nitrogens with zero attached hydrogens (tertiary/aromatic N) is 1. The van der Waals surface area contributed by atoms with Crippen LogP contribution in [-0.2, 0) is 9.53 Å². The van der Waals surface area contributed by atoms with E-state index in [1.165, 1.54) is 12.8 Å². The second-order valence-electron chi connectivity index (χ2n) is 3.92. The SMILES string of the molecule is CCOC(=O)CCCN1CCC(Br)CC1. The van der Waals surface area contributed by atoms with Crippen LogP contribution in [0.3, 0.4) is 0 Å². The number of piperidine rings is 1. The van der Waals surface area contributed by atoms with Crippen molar-refractivity contribution < 1.29 is 9.53 Å². The molecule has 0 radical (unpaired) electrons. The van der Waals surface area contributed by atoms with Crippen molar-refractivity contribution >= 4 is 21.9 Å². The van der Waals surface area contributed by atoms with Gasteiger partial charge in [-0.1, -0.05) is 15.9 Å². The summed E-state index contributed by atoms with van der Waals surface area (Å²) in [5.41, 5.74) is 0. The van der Waals surface area contributed by atoms with Gasteiger partial charge in [-0.2, -0.15) is 0 Å². The molecule has 1 heterocycles. The van der Waals surface area contributed by atoms with Gasteiger partial charge in [-0.3, -0.25) is 4.79 Å². The van der Waals surface area contributed by atoms with Crippen molar-refractivity contribution in [3.63, 3.8) is 0 Å². The number of halogens is 1. The summed E-state index contributed by atoms with van der Waals surface area (Å²) in [6, 6.07) is 0. The third-order valence-corrected chi connectivity index (χ3v) is 3.59. The van der Waals surface area contributed by atoms with E-state index in [9.17, 15) is 4.79 Å². The summed E-state index contributed by atoms with van der Waals surface area (Å²) in [6.07, 6.45) is 3.92. The van der Waals surface area contributed by atoms with E-state index in [0.717, 1.165) is 26.1 Å². The van der Waals surface area contributed by atoms with Gasteiger partial charge in [0.15, 0.2) is 0 Å². The van der Waals surface area contributed by atoms with Gasteiger partial charge in [0, 0.05) is 11.2 Å². The first-order chi connectivity index (χ1) is 7.22. The highest BCUT2D eigenvalue weighted by molar-refractivity contribution is 9.09. The number of hydrogen-bond acceptors (Lipinski definition) is 3. The smallest absolute Gasteiger partial charge is 0.305 e. The molecule has 1 fully saturated rings. The van der Waals surface area contributed by atoms with Gasteiger partial charge in [0.1, 0.15) is 0 Å². The van der Waals surface area contributed by atoms with E-state index in [1.54, 1.807) is 0 Å². The van der Waals surface area contributed by atoms with Crippen LogP contribution in [0.15, 0.2) is 0 Å². The zero-order valence-corrected chi connectivity index (χ0v) is 11.0. The lowest BCUT2D eigenvalue weighted by Crippen LogP contribution is -2.34. The van der Waals surface area contributed by atoms with E-state index in [4.69, 9.17) is 4.74 Å². The van der Waals surface area contributed by atoms with Crippen molar-refractivity contribution in [1.29, 1.82) is 0 Å². The number of alkyl halides is 1. The highest BCUT2D eigenvalue weighted by Gasteiger charge is 2.16. The lowest BCUT2D eigenvalue weighted by Gasteiger charge is -2.29. The van der Waals surface area contributed by atoms with Gasteiger partial charge in [0.05, 0.1) is 6.61 Å². The van der Waals surface area contributed by atoms with Gasteiger partial charge in [-0.25, -0.2) is 0 Å². The van der Waals surface area contributed by atoms with Crippen LogP contribution in [0, 0.1) is 0 Å². The van der Waals surface area contributed by atoms with E-state index in [0.29, 0.717) is 17.9 Å². The molecule has 0 aromatic heterocycles. The summed E-state index contributed by atoms with van der Waals surface area (Å²) in [5.74, 6) is -0.0622. The Hall–Kier alpha value is -0.0900. The van der Waals surface area contributed by atoms with Crippen LogP contribution in [-0.4, -0.2) is 41.9 Å². The Kier molecular flexibility index (Phi) is 6.25. The lowest BCUT2D eigenvalue weighted by atomic mass is 10.1. The van der Waals surface area contributed by atoms with Crippen LogP contribution in [0.2, 0.25) is 0 Å². The molecule has 15 heavy (non-hydrogen) atoms. The molecule has 1 aliphatic heterocycles. The quantitative estimate of drug-likeness (QED) is 0.570. The Morgan fingerprint density at radius 2 is 2.13 bits per heavy atom. The predicted octanol–water partition coefficient (Wildman–Crippen LogP) is 2.19. The third-order valence-electron chi connectivity index (χ3n) is 2.68. The molecule has 1 aliphatic rings. The fourth-order valence-electron chi connectivity index (χ4n) is 1.81. The Labute approximate surface area is 100 Å². The maximum absolute atomic E-state index is 11.1. The summed E-state index contributed by atoms with van der Waals surface area (Å²) in [7, 11) is 0. The van der Waals surface area contributed by atoms with Crippen molar-refractivity contribution in [2.45, 2.75) is 37.4 Å². The van der Waals surface area contributed by atoms with E-state index < -0.39 is 0 Å². The molecular weight excluding hydrogens is 258 g/mol. The van der Waals surface area contributed by atoms with Gasteiger partial charge in [-0.05, 0) is 45.8 Å². The topological polar surface area (TPSA) is 29.5 Å². The van der Waals surface area contributed by atoms with Gasteiger partial charge in [0.25, 0.3) is 0 Å². The molecule has 1 rings (SSSR count). The second kappa shape index (κ2) is 7.23. The molecule has 0 amide bonds. The maximum Gasteiger partial charge on any atom is 0.305 e. The van der Waals surface area contributed by atoms with Gasteiger partial charge < -0.3 is 9.64 Å². The molecule has 88 valence electrons. The normalized spacial score (nSPS) is 19.1. The van der Waals surface area contributed by atoms with Crippen LogP contribution in [0.4, 0.5) is 0 Å². The Morgan fingerprint density at radius 1 is 1.47 bits per heavy atom. The monoisotopic (exact) mass is 277 g/mol. The summed E-state index contributed by atoms with van der Waals surface area (Å²) < 4.78 is 4.88. The zero-order chi connectivity index (χ0) is 11.1. The van der Waals surface area contributed by atoms with Crippen LogP contribution in [0.1, 0.15) is 32.6 Å². The van der Waals surface area contributed by atoms with Gasteiger partial charge >= 0.3 is 5.97 Å². The minimum Gasteiger partial charge on any atom is -0.466 e. The first kappa shape index (κ1) is 13.0. The molecule has 0 bridgehead atoms. The highest BCUT2D eigenvalue weighted by Crippen LogP contribution is 2.17. The maximum atomic E-state index is 11.1. The van der Waals surface area contributed by atoms with Gasteiger partial charge in [0.2, 0.25) is 0 Å². The molecule has 0 aliphatic carbocycles. The van der Waals surface area contributed by atoms with Crippen molar-refractivity contribution in [2.24, 2.45) is 0 Å². The summed E-state index contributed by atoms with van der Waals surface area (Å²) in [4.78, 5) is 14.2. The Morgan fingerprint density at radius 3 is 2.73 bits per heavy atom. The van der Waals surface area contributed by atoms with Crippen LogP contribution in [0.5, 0.6) is 0 Å². The van der Waals surface area contributed by atoms with Crippen LogP contribution in [0.25, 0.3) is 0 Å². The van der Waals surface area contributed by atoms with E-state index >= 15 is 0 Å². The largest absolute Gasteiger partial charge is 0.466 e. The fraction of sp³-hybridized carbons (Fsp3) is 0.909. The summed E-state index contributed by atoms with van der Waals surface area (Å²) in [6.45, 7) is 5.67. The number of carbonyl (C=O) groups is 1.